The summed E-state index contributed by atoms with van der Waals surface area (Å²) in [5.74, 6) is -1.50. The largest absolute Gasteiger partial charge is 0.481 e. The van der Waals surface area contributed by atoms with Crippen molar-refractivity contribution in [3.8, 4) is 0 Å². The van der Waals surface area contributed by atoms with Crippen LogP contribution in [0, 0.1) is 0 Å². The first-order chi connectivity index (χ1) is 8.58. The first-order valence-corrected chi connectivity index (χ1v) is 6.19. The van der Waals surface area contributed by atoms with E-state index in [1.165, 1.54) is 0 Å². The fourth-order valence-electron chi connectivity index (χ4n) is 1.79. The Morgan fingerprint density at radius 2 is 2.22 bits per heavy atom. The SMILES string of the molecule is Cn1cc(CC(C(=O)O)c2ccccc2Br)nn1. The van der Waals surface area contributed by atoms with Crippen molar-refractivity contribution >= 4 is 21.9 Å². The summed E-state index contributed by atoms with van der Waals surface area (Å²) in [5, 5.41) is 17.1. The molecule has 0 bridgehead atoms. The van der Waals surface area contributed by atoms with E-state index >= 15 is 0 Å². The Morgan fingerprint density at radius 3 is 2.78 bits per heavy atom. The van der Waals surface area contributed by atoms with Crippen molar-refractivity contribution in [3.05, 3.63) is 46.2 Å². The van der Waals surface area contributed by atoms with Gasteiger partial charge in [0.1, 0.15) is 0 Å². The first-order valence-electron chi connectivity index (χ1n) is 5.40. The number of hydrogen-bond acceptors (Lipinski definition) is 3. The maximum absolute atomic E-state index is 11.4. The number of benzene rings is 1. The molecule has 0 aliphatic rings. The third-order valence-corrected chi connectivity index (χ3v) is 3.36. The molecule has 5 nitrogen and oxygen atoms in total. The first kappa shape index (κ1) is 12.8. The number of carboxylic acid groups (broad SMARTS) is 1. The molecule has 0 spiro atoms. The number of carbonyl (C=O) groups is 1. The minimum atomic E-state index is -0.868. The topological polar surface area (TPSA) is 68.0 Å². The van der Waals surface area contributed by atoms with Crippen molar-refractivity contribution < 1.29 is 9.90 Å². The lowest BCUT2D eigenvalue weighted by atomic mass is 9.95. The number of nitrogens with zero attached hydrogens (tertiary/aromatic N) is 3. The lowest BCUT2D eigenvalue weighted by Gasteiger charge is -2.12. The predicted molar refractivity (Wildman–Crippen MR) is 69.2 cm³/mol. The molecule has 0 radical (unpaired) electrons. The van der Waals surface area contributed by atoms with Crippen LogP contribution in [-0.4, -0.2) is 26.1 Å². The number of rotatable bonds is 4. The highest BCUT2D eigenvalue weighted by Crippen LogP contribution is 2.27. The van der Waals surface area contributed by atoms with Gasteiger partial charge in [-0.15, -0.1) is 5.10 Å². The van der Waals surface area contributed by atoms with Gasteiger partial charge < -0.3 is 5.11 Å². The number of hydrogen-bond donors (Lipinski definition) is 1. The van der Waals surface area contributed by atoms with Crippen molar-refractivity contribution in [3.63, 3.8) is 0 Å². The van der Waals surface area contributed by atoms with Gasteiger partial charge in [-0.25, -0.2) is 0 Å². The molecular weight excluding hydrogens is 298 g/mol. The molecule has 18 heavy (non-hydrogen) atoms. The van der Waals surface area contributed by atoms with Gasteiger partial charge in [-0.05, 0) is 11.6 Å². The normalized spacial score (nSPS) is 12.3. The standard InChI is InChI=1S/C12H12BrN3O2/c1-16-7-8(14-15-16)6-10(12(17)18)9-4-2-3-5-11(9)13/h2-5,7,10H,6H2,1H3,(H,17,18). The van der Waals surface area contributed by atoms with Gasteiger partial charge in [-0.2, -0.15) is 0 Å². The van der Waals surface area contributed by atoms with Gasteiger partial charge in [-0.1, -0.05) is 39.3 Å². The number of carboxylic acids is 1. The molecule has 1 aromatic heterocycles. The van der Waals surface area contributed by atoms with Crippen molar-refractivity contribution in [2.24, 2.45) is 7.05 Å². The summed E-state index contributed by atoms with van der Waals surface area (Å²) in [6.07, 6.45) is 2.05. The van der Waals surface area contributed by atoms with E-state index in [9.17, 15) is 9.90 Å². The molecule has 1 aromatic carbocycles. The second-order valence-corrected chi connectivity index (χ2v) is 4.85. The average Bonchev–Trinajstić information content (AvgIpc) is 2.73. The Bertz CT molecular complexity index is 568. The summed E-state index contributed by atoms with van der Waals surface area (Å²) in [4.78, 5) is 11.4. The van der Waals surface area contributed by atoms with Gasteiger partial charge in [0, 0.05) is 24.1 Å². The van der Waals surface area contributed by atoms with Crippen molar-refractivity contribution in [1.82, 2.24) is 15.0 Å². The molecule has 0 saturated heterocycles. The van der Waals surface area contributed by atoms with Crippen LogP contribution in [0.4, 0.5) is 0 Å². The molecular formula is C12H12BrN3O2. The van der Waals surface area contributed by atoms with Crippen LogP contribution in [-0.2, 0) is 18.3 Å². The quantitative estimate of drug-likeness (QED) is 0.938. The van der Waals surface area contributed by atoms with Crippen LogP contribution in [0.15, 0.2) is 34.9 Å². The van der Waals surface area contributed by atoms with E-state index in [0.29, 0.717) is 12.1 Å². The van der Waals surface area contributed by atoms with Crippen molar-refractivity contribution in [1.29, 1.82) is 0 Å². The molecule has 0 amide bonds. The summed E-state index contributed by atoms with van der Waals surface area (Å²) >= 11 is 3.38. The van der Waals surface area contributed by atoms with Crippen LogP contribution >= 0.6 is 15.9 Å². The van der Waals surface area contributed by atoms with Gasteiger partial charge in [0.05, 0.1) is 11.6 Å². The number of aliphatic carboxylic acids is 1. The molecule has 0 saturated carbocycles. The predicted octanol–water partition coefficient (Wildman–Crippen LogP) is 1.99. The molecule has 2 rings (SSSR count). The molecule has 1 heterocycles. The van der Waals surface area contributed by atoms with Crippen LogP contribution in [0.25, 0.3) is 0 Å². The Morgan fingerprint density at radius 1 is 1.50 bits per heavy atom. The Labute approximate surface area is 113 Å². The molecule has 0 fully saturated rings. The van der Waals surface area contributed by atoms with Gasteiger partial charge in [0.25, 0.3) is 0 Å². The number of aromatic nitrogens is 3. The maximum atomic E-state index is 11.4. The minimum absolute atomic E-state index is 0.325. The summed E-state index contributed by atoms with van der Waals surface area (Å²) in [5.41, 5.74) is 1.41. The van der Waals surface area contributed by atoms with Crippen molar-refractivity contribution in [2.45, 2.75) is 12.3 Å². The third kappa shape index (κ3) is 2.76. The minimum Gasteiger partial charge on any atom is -0.481 e. The van der Waals surface area contributed by atoms with E-state index < -0.39 is 11.9 Å². The third-order valence-electron chi connectivity index (χ3n) is 2.64. The van der Waals surface area contributed by atoms with Gasteiger partial charge in [-0.3, -0.25) is 9.48 Å². The molecule has 94 valence electrons. The highest BCUT2D eigenvalue weighted by Gasteiger charge is 2.23. The van der Waals surface area contributed by atoms with Crippen LogP contribution in [0.1, 0.15) is 17.2 Å². The molecule has 0 aliphatic heterocycles. The lowest BCUT2D eigenvalue weighted by Crippen LogP contribution is -2.15. The Hall–Kier alpha value is -1.69. The van der Waals surface area contributed by atoms with E-state index in [2.05, 4.69) is 26.2 Å². The second-order valence-electron chi connectivity index (χ2n) is 4.00. The molecule has 0 aliphatic carbocycles. The molecule has 1 atom stereocenters. The zero-order valence-electron chi connectivity index (χ0n) is 9.75. The van der Waals surface area contributed by atoms with Gasteiger partial charge >= 0.3 is 5.97 Å². The second kappa shape index (κ2) is 5.30. The van der Waals surface area contributed by atoms with Gasteiger partial charge in [0.2, 0.25) is 0 Å². The van der Waals surface area contributed by atoms with Crippen LogP contribution in [0.2, 0.25) is 0 Å². The summed E-state index contributed by atoms with van der Waals surface area (Å²) in [6.45, 7) is 0. The lowest BCUT2D eigenvalue weighted by molar-refractivity contribution is -0.138. The molecule has 1 unspecified atom stereocenters. The maximum Gasteiger partial charge on any atom is 0.311 e. The average molecular weight is 310 g/mol. The molecule has 1 N–H and O–H groups in total. The highest BCUT2D eigenvalue weighted by atomic mass is 79.9. The fraction of sp³-hybridized carbons (Fsp3) is 0.250. The highest BCUT2D eigenvalue weighted by molar-refractivity contribution is 9.10. The Balaban J connectivity index is 2.30. The fourth-order valence-corrected chi connectivity index (χ4v) is 2.35. The smallest absolute Gasteiger partial charge is 0.311 e. The monoisotopic (exact) mass is 309 g/mol. The molecule has 6 heteroatoms. The summed E-state index contributed by atoms with van der Waals surface area (Å²) in [7, 11) is 1.75. The van der Waals surface area contributed by atoms with Crippen LogP contribution < -0.4 is 0 Å². The summed E-state index contributed by atoms with van der Waals surface area (Å²) < 4.78 is 2.36. The van der Waals surface area contributed by atoms with Gasteiger partial charge in [0.15, 0.2) is 0 Å². The van der Waals surface area contributed by atoms with E-state index in [4.69, 9.17) is 0 Å². The van der Waals surface area contributed by atoms with E-state index in [0.717, 1.165) is 10.0 Å². The number of halogens is 1. The van der Waals surface area contributed by atoms with E-state index in [-0.39, 0.29) is 0 Å². The van der Waals surface area contributed by atoms with E-state index in [1.54, 1.807) is 24.0 Å². The van der Waals surface area contributed by atoms with Crippen LogP contribution in [0.5, 0.6) is 0 Å². The van der Waals surface area contributed by atoms with Crippen LogP contribution in [0.3, 0.4) is 0 Å². The Kier molecular flexibility index (Phi) is 3.76. The molecule has 2 aromatic rings. The zero-order valence-corrected chi connectivity index (χ0v) is 11.3. The van der Waals surface area contributed by atoms with Crippen molar-refractivity contribution in [2.75, 3.05) is 0 Å². The summed E-state index contributed by atoms with van der Waals surface area (Å²) in [6, 6.07) is 7.32. The zero-order chi connectivity index (χ0) is 13.1. The number of aryl methyl sites for hydroxylation is 1. The van der Waals surface area contributed by atoms with E-state index in [1.807, 2.05) is 18.2 Å².